The minimum atomic E-state index is 0.106. The Morgan fingerprint density at radius 2 is 2.42 bits per heavy atom. The van der Waals surface area contributed by atoms with E-state index in [1.807, 2.05) is 6.92 Å². The predicted octanol–water partition coefficient (Wildman–Crippen LogP) is 2.33. The first-order valence-corrected chi connectivity index (χ1v) is 4.38. The molecule has 12 heavy (non-hydrogen) atoms. The molecule has 0 aromatic heterocycles. The Hall–Kier alpha value is -1.03. The van der Waals surface area contributed by atoms with Crippen molar-refractivity contribution in [1.82, 2.24) is 0 Å². The van der Waals surface area contributed by atoms with Crippen molar-refractivity contribution in [3.63, 3.8) is 0 Å². The number of hydrogen-bond acceptors (Lipinski definition) is 1. The minimum absolute atomic E-state index is 0.106. The fourth-order valence-corrected chi connectivity index (χ4v) is 1.61. The normalized spacial score (nSPS) is 27.2. The number of Topliss-reactive ketones (excluding diaryl/α,β-unsaturated/α-hetero) is 1. The maximum absolute atomic E-state index is 11.3. The van der Waals surface area contributed by atoms with E-state index in [1.165, 1.54) is 5.57 Å². The second-order valence-electron chi connectivity index (χ2n) is 3.22. The fourth-order valence-electron chi connectivity index (χ4n) is 1.61. The molecule has 1 atom stereocenters. The molecule has 0 spiro atoms. The van der Waals surface area contributed by atoms with Crippen LogP contribution in [-0.2, 0) is 4.79 Å². The number of hydrogen-bond donors (Lipinski definition) is 0. The molecule has 64 valence electrons. The first-order chi connectivity index (χ1) is 5.77. The van der Waals surface area contributed by atoms with Gasteiger partial charge >= 0.3 is 0 Å². The van der Waals surface area contributed by atoms with E-state index >= 15 is 0 Å². The van der Waals surface area contributed by atoms with Gasteiger partial charge in [0, 0.05) is 18.8 Å². The molecular weight excluding hydrogens is 148 g/mol. The van der Waals surface area contributed by atoms with E-state index in [-0.39, 0.29) is 5.92 Å². The summed E-state index contributed by atoms with van der Waals surface area (Å²) in [4.78, 5) is 11.3. The van der Waals surface area contributed by atoms with E-state index in [9.17, 15) is 4.79 Å². The van der Waals surface area contributed by atoms with Gasteiger partial charge in [0.25, 0.3) is 0 Å². The van der Waals surface area contributed by atoms with Crippen LogP contribution >= 0.6 is 0 Å². The third-order valence-electron chi connectivity index (χ3n) is 2.43. The van der Waals surface area contributed by atoms with E-state index in [0.717, 1.165) is 12.8 Å². The first kappa shape index (κ1) is 9.06. The summed E-state index contributed by atoms with van der Waals surface area (Å²) < 4.78 is 0. The van der Waals surface area contributed by atoms with Crippen molar-refractivity contribution in [3.05, 3.63) is 11.6 Å². The molecule has 0 N–H and O–H groups in total. The standard InChI is InChI=1S/C11H14O/c1-3-5-10-8-9(4-2)6-7-11(10)12/h1,4,10H,5-8H2,2H3/b9-4+. The zero-order valence-corrected chi connectivity index (χ0v) is 7.47. The van der Waals surface area contributed by atoms with Crippen molar-refractivity contribution >= 4 is 5.78 Å². The van der Waals surface area contributed by atoms with Gasteiger partial charge in [-0.15, -0.1) is 12.3 Å². The lowest BCUT2D eigenvalue weighted by atomic mass is 9.83. The highest BCUT2D eigenvalue weighted by atomic mass is 16.1. The molecule has 0 bridgehead atoms. The van der Waals surface area contributed by atoms with Crippen molar-refractivity contribution in [2.45, 2.75) is 32.6 Å². The zero-order valence-electron chi connectivity index (χ0n) is 7.47. The minimum Gasteiger partial charge on any atom is -0.299 e. The molecule has 0 saturated heterocycles. The highest BCUT2D eigenvalue weighted by Crippen LogP contribution is 2.27. The monoisotopic (exact) mass is 162 g/mol. The lowest BCUT2D eigenvalue weighted by Gasteiger charge is -2.20. The lowest BCUT2D eigenvalue weighted by molar-refractivity contribution is -0.123. The summed E-state index contributed by atoms with van der Waals surface area (Å²) in [6.07, 6.45) is 10.4. The Balaban J connectivity index is 2.60. The van der Waals surface area contributed by atoms with Crippen molar-refractivity contribution < 1.29 is 4.79 Å². The molecule has 0 amide bonds. The third-order valence-corrected chi connectivity index (χ3v) is 2.43. The Bertz CT molecular complexity index is 242. The van der Waals surface area contributed by atoms with Crippen LogP contribution in [0.1, 0.15) is 32.6 Å². The van der Waals surface area contributed by atoms with Crippen LogP contribution in [0, 0.1) is 18.3 Å². The Kier molecular flexibility index (Phi) is 3.10. The van der Waals surface area contributed by atoms with Gasteiger partial charge in [0.2, 0.25) is 0 Å². The lowest BCUT2D eigenvalue weighted by Crippen LogP contribution is -2.19. The van der Waals surface area contributed by atoms with Crippen LogP contribution in [0.3, 0.4) is 0 Å². The van der Waals surface area contributed by atoms with Crippen LogP contribution in [-0.4, -0.2) is 5.78 Å². The Morgan fingerprint density at radius 1 is 1.67 bits per heavy atom. The van der Waals surface area contributed by atoms with E-state index in [4.69, 9.17) is 6.42 Å². The van der Waals surface area contributed by atoms with Gasteiger partial charge in [-0.25, -0.2) is 0 Å². The molecule has 1 aliphatic rings. The smallest absolute Gasteiger partial charge is 0.137 e. The van der Waals surface area contributed by atoms with Gasteiger partial charge in [-0.2, -0.15) is 0 Å². The van der Waals surface area contributed by atoms with Gasteiger partial charge in [0.05, 0.1) is 0 Å². The summed E-state index contributed by atoms with van der Waals surface area (Å²) in [6, 6.07) is 0. The molecule has 0 heterocycles. The maximum atomic E-state index is 11.3. The second-order valence-corrected chi connectivity index (χ2v) is 3.22. The molecule has 1 heteroatoms. The number of allylic oxidation sites excluding steroid dienone is 2. The van der Waals surface area contributed by atoms with Crippen LogP contribution in [0.15, 0.2) is 11.6 Å². The number of carbonyl (C=O) groups is 1. The molecule has 0 aliphatic heterocycles. The highest BCUT2D eigenvalue weighted by molar-refractivity contribution is 5.83. The molecule has 1 unspecified atom stereocenters. The molecule has 0 aromatic rings. The average molecular weight is 162 g/mol. The molecule has 1 nitrogen and oxygen atoms in total. The molecule has 1 rings (SSSR count). The quantitative estimate of drug-likeness (QED) is 0.427. The molecule has 1 saturated carbocycles. The third kappa shape index (κ3) is 1.98. The largest absolute Gasteiger partial charge is 0.299 e. The topological polar surface area (TPSA) is 17.1 Å². The van der Waals surface area contributed by atoms with Gasteiger partial charge in [0.1, 0.15) is 5.78 Å². The van der Waals surface area contributed by atoms with E-state index < -0.39 is 0 Å². The van der Waals surface area contributed by atoms with Gasteiger partial charge in [-0.1, -0.05) is 11.6 Å². The van der Waals surface area contributed by atoms with E-state index in [1.54, 1.807) is 0 Å². The van der Waals surface area contributed by atoms with Gasteiger partial charge < -0.3 is 0 Å². The maximum Gasteiger partial charge on any atom is 0.137 e. The zero-order chi connectivity index (χ0) is 8.97. The van der Waals surface area contributed by atoms with Crippen LogP contribution in [0.25, 0.3) is 0 Å². The van der Waals surface area contributed by atoms with Crippen LogP contribution in [0.4, 0.5) is 0 Å². The van der Waals surface area contributed by atoms with Crippen molar-refractivity contribution in [2.24, 2.45) is 5.92 Å². The van der Waals surface area contributed by atoms with Crippen molar-refractivity contribution in [1.29, 1.82) is 0 Å². The van der Waals surface area contributed by atoms with Gasteiger partial charge in [-0.3, -0.25) is 4.79 Å². The Labute approximate surface area is 73.9 Å². The van der Waals surface area contributed by atoms with Crippen LogP contribution < -0.4 is 0 Å². The SMILES string of the molecule is C#CCC1C/C(=C/C)CCC1=O. The molecular formula is C11H14O. The predicted molar refractivity (Wildman–Crippen MR) is 49.6 cm³/mol. The summed E-state index contributed by atoms with van der Waals surface area (Å²) in [6.45, 7) is 2.03. The fraction of sp³-hybridized carbons (Fsp3) is 0.545. The molecule has 1 fully saturated rings. The van der Waals surface area contributed by atoms with E-state index in [2.05, 4.69) is 12.0 Å². The molecule has 0 aromatic carbocycles. The molecule has 1 aliphatic carbocycles. The number of carbonyl (C=O) groups excluding carboxylic acids is 1. The van der Waals surface area contributed by atoms with Gasteiger partial charge in [0.15, 0.2) is 0 Å². The van der Waals surface area contributed by atoms with Crippen molar-refractivity contribution in [3.8, 4) is 12.3 Å². The highest BCUT2D eigenvalue weighted by Gasteiger charge is 2.23. The Morgan fingerprint density at radius 3 is 3.00 bits per heavy atom. The summed E-state index contributed by atoms with van der Waals surface area (Å²) in [5.74, 6) is 3.02. The summed E-state index contributed by atoms with van der Waals surface area (Å²) in [7, 11) is 0. The first-order valence-electron chi connectivity index (χ1n) is 4.38. The number of terminal acetylenes is 1. The van der Waals surface area contributed by atoms with Crippen molar-refractivity contribution in [2.75, 3.05) is 0 Å². The van der Waals surface area contributed by atoms with Gasteiger partial charge in [-0.05, 0) is 19.8 Å². The second kappa shape index (κ2) is 4.11. The van der Waals surface area contributed by atoms with E-state index in [0.29, 0.717) is 18.6 Å². The summed E-state index contributed by atoms with van der Waals surface area (Å²) in [5.41, 5.74) is 1.38. The number of rotatable bonds is 1. The average Bonchev–Trinajstić information content (AvgIpc) is 2.09. The summed E-state index contributed by atoms with van der Waals surface area (Å²) >= 11 is 0. The van der Waals surface area contributed by atoms with Crippen LogP contribution in [0.5, 0.6) is 0 Å². The molecule has 0 radical (unpaired) electrons. The summed E-state index contributed by atoms with van der Waals surface area (Å²) in [5, 5.41) is 0. The number of ketones is 1. The van der Waals surface area contributed by atoms with Crippen LogP contribution in [0.2, 0.25) is 0 Å².